The Bertz CT molecular complexity index is 689. The van der Waals surface area contributed by atoms with Crippen LogP contribution < -0.4 is 10.1 Å². The van der Waals surface area contributed by atoms with Crippen LogP contribution in [-0.2, 0) is 0 Å². The molecule has 2 aromatic rings. The standard InChI is InChI=1S/C15H15FIN3O/c1-18-15-12(17)13(8-3-4-8)19-14(20-15)9-5-6-11(21-2)10(16)7-9/h5-8H,3-4H2,1-2H3,(H,18,19,20). The van der Waals surface area contributed by atoms with Gasteiger partial charge in [-0.1, -0.05) is 0 Å². The minimum Gasteiger partial charge on any atom is -0.494 e. The van der Waals surface area contributed by atoms with E-state index in [0.29, 0.717) is 17.3 Å². The first-order valence-corrected chi connectivity index (χ1v) is 7.81. The Kier molecular flexibility index (Phi) is 3.97. The van der Waals surface area contributed by atoms with E-state index in [0.717, 1.165) is 27.9 Å². The number of halogens is 2. The number of ether oxygens (including phenoxy) is 1. The Hall–Kier alpha value is -1.44. The number of aromatic nitrogens is 2. The molecule has 1 fully saturated rings. The summed E-state index contributed by atoms with van der Waals surface area (Å²) in [5.74, 6) is 1.66. The Labute approximate surface area is 136 Å². The van der Waals surface area contributed by atoms with Gasteiger partial charge >= 0.3 is 0 Å². The summed E-state index contributed by atoms with van der Waals surface area (Å²) in [6, 6.07) is 4.79. The second-order valence-electron chi connectivity index (χ2n) is 4.97. The van der Waals surface area contributed by atoms with Gasteiger partial charge in [0.15, 0.2) is 17.4 Å². The van der Waals surface area contributed by atoms with Gasteiger partial charge in [0, 0.05) is 18.5 Å². The fraction of sp³-hybridized carbons (Fsp3) is 0.333. The number of hydrogen-bond acceptors (Lipinski definition) is 4. The topological polar surface area (TPSA) is 47.0 Å². The van der Waals surface area contributed by atoms with E-state index >= 15 is 0 Å². The third kappa shape index (κ3) is 2.81. The zero-order valence-electron chi connectivity index (χ0n) is 11.8. The van der Waals surface area contributed by atoms with Crippen molar-refractivity contribution in [2.24, 2.45) is 0 Å². The minimum atomic E-state index is -0.406. The number of hydrogen-bond donors (Lipinski definition) is 1. The molecule has 1 saturated carbocycles. The van der Waals surface area contributed by atoms with E-state index in [1.165, 1.54) is 13.2 Å². The van der Waals surface area contributed by atoms with E-state index in [1.807, 2.05) is 7.05 Å². The van der Waals surface area contributed by atoms with Crippen molar-refractivity contribution in [1.29, 1.82) is 0 Å². The van der Waals surface area contributed by atoms with Crippen LogP contribution in [0.1, 0.15) is 24.5 Å². The molecule has 0 saturated heterocycles. The van der Waals surface area contributed by atoms with Crippen molar-refractivity contribution in [1.82, 2.24) is 9.97 Å². The molecule has 0 atom stereocenters. The zero-order chi connectivity index (χ0) is 15.0. The molecule has 110 valence electrons. The van der Waals surface area contributed by atoms with Crippen LogP contribution in [0.4, 0.5) is 10.2 Å². The first-order valence-electron chi connectivity index (χ1n) is 6.73. The number of benzene rings is 1. The molecule has 1 aromatic heterocycles. The van der Waals surface area contributed by atoms with Crippen molar-refractivity contribution < 1.29 is 9.13 Å². The average Bonchev–Trinajstić information content (AvgIpc) is 3.32. The smallest absolute Gasteiger partial charge is 0.165 e. The summed E-state index contributed by atoms with van der Waals surface area (Å²) >= 11 is 2.27. The molecule has 1 aliphatic rings. The van der Waals surface area contributed by atoms with E-state index in [4.69, 9.17) is 4.74 Å². The molecule has 3 rings (SSSR count). The zero-order valence-corrected chi connectivity index (χ0v) is 13.9. The van der Waals surface area contributed by atoms with Crippen LogP contribution in [0.2, 0.25) is 0 Å². The second kappa shape index (κ2) is 5.75. The number of methoxy groups -OCH3 is 1. The third-order valence-electron chi connectivity index (χ3n) is 3.49. The van der Waals surface area contributed by atoms with Gasteiger partial charge in [-0.3, -0.25) is 0 Å². The molecule has 1 heterocycles. The van der Waals surface area contributed by atoms with Crippen LogP contribution in [0.3, 0.4) is 0 Å². The van der Waals surface area contributed by atoms with Gasteiger partial charge in [0.2, 0.25) is 0 Å². The molecule has 21 heavy (non-hydrogen) atoms. The molecule has 6 heteroatoms. The van der Waals surface area contributed by atoms with Crippen molar-refractivity contribution in [2.75, 3.05) is 19.5 Å². The fourth-order valence-electron chi connectivity index (χ4n) is 2.19. The number of anilines is 1. The van der Waals surface area contributed by atoms with Gasteiger partial charge in [0.25, 0.3) is 0 Å². The Balaban J connectivity index is 2.09. The first kappa shape index (κ1) is 14.5. The van der Waals surface area contributed by atoms with Gasteiger partial charge in [0.05, 0.1) is 16.4 Å². The maximum Gasteiger partial charge on any atom is 0.165 e. The van der Waals surface area contributed by atoms with Gasteiger partial charge in [-0.15, -0.1) is 0 Å². The third-order valence-corrected chi connectivity index (χ3v) is 4.55. The highest BCUT2D eigenvalue weighted by atomic mass is 127. The van der Waals surface area contributed by atoms with Crippen LogP contribution in [0, 0.1) is 9.39 Å². The van der Waals surface area contributed by atoms with Crippen molar-refractivity contribution in [2.45, 2.75) is 18.8 Å². The monoisotopic (exact) mass is 399 g/mol. The summed E-state index contributed by atoms with van der Waals surface area (Å²) in [5, 5.41) is 3.09. The summed E-state index contributed by atoms with van der Waals surface area (Å²) in [6.45, 7) is 0. The molecule has 4 nitrogen and oxygen atoms in total. The summed E-state index contributed by atoms with van der Waals surface area (Å²) in [5.41, 5.74) is 1.71. The lowest BCUT2D eigenvalue weighted by molar-refractivity contribution is 0.386. The molecular weight excluding hydrogens is 384 g/mol. The SMILES string of the molecule is CNc1nc(-c2ccc(OC)c(F)c2)nc(C2CC2)c1I. The van der Waals surface area contributed by atoms with Gasteiger partial charge in [0.1, 0.15) is 5.82 Å². The van der Waals surface area contributed by atoms with Crippen LogP contribution in [0.15, 0.2) is 18.2 Å². The highest BCUT2D eigenvalue weighted by Gasteiger charge is 2.29. The van der Waals surface area contributed by atoms with Crippen molar-refractivity contribution in [3.8, 4) is 17.1 Å². The van der Waals surface area contributed by atoms with Crippen LogP contribution >= 0.6 is 22.6 Å². The minimum absolute atomic E-state index is 0.223. The summed E-state index contributed by atoms with van der Waals surface area (Å²) in [6.07, 6.45) is 2.32. The molecule has 1 aromatic carbocycles. The van der Waals surface area contributed by atoms with Crippen molar-refractivity contribution in [3.05, 3.63) is 33.3 Å². The quantitative estimate of drug-likeness (QED) is 0.795. The van der Waals surface area contributed by atoms with Gasteiger partial charge in [-0.25, -0.2) is 14.4 Å². The first-order chi connectivity index (χ1) is 10.1. The van der Waals surface area contributed by atoms with Crippen molar-refractivity contribution >= 4 is 28.4 Å². The lowest BCUT2D eigenvalue weighted by Crippen LogP contribution is -2.05. The molecule has 1 N–H and O–H groups in total. The fourth-order valence-corrected chi connectivity index (χ4v) is 3.14. The molecule has 0 bridgehead atoms. The average molecular weight is 399 g/mol. The normalized spacial score (nSPS) is 14.1. The molecule has 0 spiro atoms. The number of rotatable bonds is 4. The number of nitrogens with zero attached hydrogens (tertiary/aromatic N) is 2. The molecular formula is C15H15FIN3O. The lowest BCUT2D eigenvalue weighted by atomic mass is 10.1. The second-order valence-corrected chi connectivity index (χ2v) is 6.05. The van der Waals surface area contributed by atoms with Crippen molar-refractivity contribution in [3.63, 3.8) is 0 Å². The van der Waals surface area contributed by atoms with E-state index in [2.05, 4.69) is 37.9 Å². The van der Waals surface area contributed by atoms with E-state index < -0.39 is 5.82 Å². The Morgan fingerprint density at radius 3 is 2.67 bits per heavy atom. The maximum atomic E-state index is 13.9. The molecule has 0 aliphatic heterocycles. The Morgan fingerprint density at radius 1 is 1.33 bits per heavy atom. The highest BCUT2D eigenvalue weighted by molar-refractivity contribution is 14.1. The van der Waals surface area contributed by atoms with Gasteiger partial charge in [-0.05, 0) is 53.6 Å². The summed E-state index contributed by atoms with van der Waals surface area (Å²) < 4.78 is 19.9. The number of nitrogens with one attached hydrogen (secondary N) is 1. The van der Waals surface area contributed by atoms with Crippen LogP contribution in [0.25, 0.3) is 11.4 Å². The lowest BCUT2D eigenvalue weighted by Gasteiger charge is -2.11. The maximum absolute atomic E-state index is 13.9. The van der Waals surface area contributed by atoms with Gasteiger partial charge in [-0.2, -0.15) is 0 Å². The highest BCUT2D eigenvalue weighted by Crippen LogP contribution is 2.43. The molecule has 0 amide bonds. The van der Waals surface area contributed by atoms with Gasteiger partial charge < -0.3 is 10.1 Å². The molecule has 0 radical (unpaired) electrons. The molecule has 1 aliphatic carbocycles. The van der Waals surface area contributed by atoms with E-state index in [-0.39, 0.29) is 5.75 Å². The largest absolute Gasteiger partial charge is 0.494 e. The summed E-state index contributed by atoms with van der Waals surface area (Å²) in [7, 11) is 3.28. The van der Waals surface area contributed by atoms with Crippen LogP contribution in [0.5, 0.6) is 5.75 Å². The Morgan fingerprint density at radius 2 is 2.10 bits per heavy atom. The predicted molar refractivity (Wildman–Crippen MR) is 88.2 cm³/mol. The molecule has 0 unspecified atom stereocenters. The predicted octanol–water partition coefficient (Wildman–Crippen LogP) is 3.82. The van der Waals surface area contributed by atoms with E-state index in [1.54, 1.807) is 12.1 Å². The van der Waals surface area contributed by atoms with Crippen LogP contribution in [-0.4, -0.2) is 24.1 Å². The van der Waals surface area contributed by atoms with E-state index in [9.17, 15) is 4.39 Å². The summed E-state index contributed by atoms with van der Waals surface area (Å²) in [4.78, 5) is 9.13.